The monoisotopic (exact) mass is 594 g/mol. The average molecular weight is 595 g/mol. The molecule has 2 amide bonds. The van der Waals surface area contributed by atoms with Gasteiger partial charge >= 0.3 is 12.1 Å². The molecule has 14 heteroatoms. The molecule has 2 aromatic carbocycles. The number of nitrogens with zero attached hydrogens (tertiary/aromatic N) is 1. The number of carbonyl (C=O) groups is 3. The Morgan fingerprint density at radius 1 is 1.05 bits per heavy atom. The number of hydrogen-bond acceptors (Lipinski definition) is 6. The quantitative estimate of drug-likeness (QED) is 0.335. The minimum absolute atomic E-state index is 0.0283. The molecule has 2 fully saturated rings. The second-order valence-electron chi connectivity index (χ2n) is 10.0. The maximum Gasteiger partial charge on any atom is 0.490 e. The van der Waals surface area contributed by atoms with Crippen LogP contribution in [0.25, 0.3) is 11.0 Å². The van der Waals surface area contributed by atoms with Gasteiger partial charge in [0.2, 0.25) is 21.8 Å². The molecule has 41 heavy (non-hydrogen) atoms. The third-order valence-electron chi connectivity index (χ3n) is 7.07. The number of benzene rings is 2. The molecule has 0 spiro atoms. The molecule has 3 aromatic rings. The van der Waals surface area contributed by atoms with Crippen LogP contribution in [-0.2, 0) is 30.8 Å². The number of rotatable bonds is 6. The maximum atomic E-state index is 13.1. The first kappa shape index (κ1) is 30.0. The van der Waals surface area contributed by atoms with Crippen LogP contribution >= 0.6 is 0 Å². The van der Waals surface area contributed by atoms with Crippen molar-refractivity contribution < 1.29 is 41.1 Å². The van der Waals surface area contributed by atoms with E-state index >= 15 is 0 Å². The third kappa shape index (κ3) is 7.63. The Bertz CT molecular complexity index is 1480. The van der Waals surface area contributed by atoms with Crippen LogP contribution in [0.3, 0.4) is 0 Å². The van der Waals surface area contributed by atoms with Crippen molar-refractivity contribution in [3.8, 4) is 0 Å². The number of imidazole rings is 1. The number of alkyl halides is 3. The zero-order valence-corrected chi connectivity index (χ0v) is 22.6. The number of H-pyrrole nitrogens is 1. The molecule has 1 aromatic heterocycles. The van der Waals surface area contributed by atoms with Gasteiger partial charge in [-0.1, -0.05) is 55.7 Å². The first-order chi connectivity index (χ1) is 19.3. The fraction of sp³-hybridized carbons (Fsp3) is 0.407. The van der Waals surface area contributed by atoms with Gasteiger partial charge in [0.25, 0.3) is 0 Å². The van der Waals surface area contributed by atoms with Gasteiger partial charge in [-0.3, -0.25) is 14.3 Å². The minimum atomic E-state index is -5.08. The number of para-hydroxylation sites is 2. The van der Waals surface area contributed by atoms with Crippen molar-refractivity contribution in [2.75, 3.05) is 0 Å². The Morgan fingerprint density at radius 2 is 1.68 bits per heavy atom. The predicted molar refractivity (Wildman–Crippen MR) is 142 cm³/mol. The van der Waals surface area contributed by atoms with Crippen molar-refractivity contribution in [3.63, 3.8) is 0 Å². The number of carboxylic acids is 1. The second-order valence-corrected chi connectivity index (χ2v) is 11.9. The molecule has 1 unspecified atom stereocenters. The Balaban J connectivity index is 0.000000493. The molecule has 220 valence electrons. The lowest BCUT2D eigenvalue weighted by molar-refractivity contribution is -0.192. The summed E-state index contributed by atoms with van der Waals surface area (Å²) in [6.45, 7) is 0. The van der Waals surface area contributed by atoms with Crippen LogP contribution in [0.2, 0.25) is 0 Å². The number of fused-ring (bicyclic) bond motifs is 1. The Hall–Kier alpha value is -3.94. The molecule has 10 nitrogen and oxygen atoms in total. The van der Waals surface area contributed by atoms with Gasteiger partial charge in [0.15, 0.2) is 0 Å². The largest absolute Gasteiger partial charge is 0.490 e. The Morgan fingerprint density at radius 3 is 2.24 bits per heavy atom. The highest BCUT2D eigenvalue weighted by atomic mass is 32.2. The van der Waals surface area contributed by atoms with Crippen LogP contribution in [0.1, 0.15) is 66.8 Å². The molecule has 0 bridgehead atoms. The van der Waals surface area contributed by atoms with Gasteiger partial charge < -0.3 is 15.4 Å². The number of halogens is 3. The van der Waals surface area contributed by atoms with Crippen molar-refractivity contribution in [1.29, 1.82) is 0 Å². The molecule has 0 radical (unpaired) electrons. The van der Waals surface area contributed by atoms with Gasteiger partial charge in [0.05, 0.1) is 23.5 Å². The van der Waals surface area contributed by atoms with Gasteiger partial charge in [0.1, 0.15) is 11.1 Å². The number of carbonyl (C=O) groups excluding carboxylic acids is 2. The SMILES string of the molecule is O=C(O)C(F)(F)F.O=C1CC(c2ccc(C[C@H](NC(=O)C3CCCCC3)c3nc4ccccc4[nH]3)cc2)S(=O)(=O)N1. The summed E-state index contributed by atoms with van der Waals surface area (Å²) in [5.74, 6) is -2.46. The number of hydrogen-bond donors (Lipinski definition) is 4. The average Bonchev–Trinajstić information content (AvgIpc) is 3.48. The Kier molecular flexibility index (Phi) is 9.00. The Labute approximate surface area is 233 Å². The zero-order valence-electron chi connectivity index (χ0n) is 21.8. The van der Waals surface area contributed by atoms with Crippen molar-refractivity contribution in [2.24, 2.45) is 5.92 Å². The fourth-order valence-corrected chi connectivity index (χ4v) is 6.39. The maximum absolute atomic E-state index is 13.1. The molecule has 1 aliphatic carbocycles. The normalized spacial score (nSPS) is 19.6. The first-order valence-electron chi connectivity index (χ1n) is 13.0. The molecule has 5 rings (SSSR count). The van der Waals surface area contributed by atoms with Crippen LogP contribution in [0.5, 0.6) is 0 Å². The molecular formula is C27H29F3N4O6S. The molecule has 1 saturated heterocycles. The summed E-state index contributed by atoms with van der Waals surface area (Å²) in [6, 6.07) is 14.6. The van der Waals surface area contributed by atoms with Gasteiger partial charge in [-0.25, -0.2) is 18.2 Å². The molecule has 2 heterocycles. The van der Waals surface area contributed by atoms with Crippen molar-refractivity contribution >= 4 is 38.8 Å². The van der Waals surface area contributed by atoms with Crippen LogP contribution in [-0.4, -0.2) is 47.5 Å². The lowest BCUT2D eigenvalue weighted by atomic mass is 9.88. The molecule has 4 N–H and O–H groups in total. The van der Waals surface area contributed by atoms with Crippen LogP contribution < -0.4 is 10.0 Å². The van der Waals surface area contributed by atoms with Crippen LogP contribution in [0.15, 0.2) is 48.5 Å². The topological polar surface area (TPSA) is 158 Å². The van der Waals surface area contributed by atoms with E-state index in [1.807, 2.05) is 41.1 Å². The number of amides is 2. The number of sulfonamides is 1. The van der Waals surface area contributed by atoms with Gasteiger partial charge in [0, 0.05) is 5.92 Å². The number of carboxylic acid groups (broad SMARTS) is 1. The van der Waals surface area contributed by atoms with E-state index in [1.54, 1.807) is 12.1 Å². The number of nitrogens with one attached hydrogen (secondary N) is 3. The summed E-state index contributed by atoms with van der Waals surface area (Å²) < 4.78 is 58.2. The number of aromatic amines is 1. The van der Waals surface area contributed by atoms with E-state index in [0.717, 1.165) is 42.3 Å². The standard InChI is InChI=1S/C25H28N4O4S.C2HF3O2/c30-23-15-22(34(32,33)29-23)17-12-10-16(11-13-17)14-21(28-25(31)18-6-2-1-3-7-18)24-26-19-8-4-5-9-20(19)27-24;3-2(4,5)1(6)7/h4-5,8-13,18,21-22H,1-3,6-7,14-15H2,(H,26,27)(H,28,31)(H,29,30);(H,6,7)/t21-,22?;/m0./s1. The van der Waals surface area contributed by atoms with E-state index in [1.165, 1.54) is 6.42 Å². The second kappa shape index (κ2) is 12.3. The predicted octanol–water partition coefficient (Wildman–Crippen LogP) is 4.07. The van der Waals surface area contributed by atoms with E-state index in [-0.39, 0.29) is 24.3 Å². The lowest BCUT2D eigenvalue weighted by Crippen LogP contribution is -2.36. The summed E-state index contributed by atoms with van der Waals surface area (Å²) in [7, 11) is -3.68. The van der Waals surface area contributed by atoms with E-state index < -0.39 is 33.3 Å². The lowest BCUT2D eigenvalue weighted by Gasteiger charge is -2.24. The van der Waals surface area contributed by atoms with Crippen molar-refractivity contribution in [1.82, 2.24) is 20.0 Å². The van der Waals surface area contributed by atoms with Crippen LogP contribution in [0.4, 0.5) is 13.2 Å². The molecule has 2 atom stereocenters. The number of aliphatic carboxylic acids is 1. The molecule has 1 aliphatic heterocycles. The number of aromatic nitrogens is 2. The van der Waals surface area contributed by atoms with Crippen molar-refractivity contribution in [3.05, 3.63) is 65.5 Å². The molecular weight excluding hydrogens is 565 g/mol. The van der Waals surface area contributed by atoms with Crippen LogP contribution in [0, 0.1) is 5.92 Å². The summed E-state index contributed by atoms with van der Waals surface area (Å²) in [5.41, 5.74) is 3.27. The van der Waals surface area contributed by atoms with E-state index in [0.29, 0.717) is 17.8 Å². The highest BCUT2D eigenvalue weighted by molar-refractivity contribution is 7.90. The summed E-state index contributed by atoms with van der Waals surface area (Å²) in [4.78, 5) is 41.6. The van der Waals surface area contributed by atoms with Gasteiger partial charge in [-0.05, 0) is 42.5 Å². The van der Waals surface area contributed by atoms with E-state index in [9.17, 15) is 31.2 Å². The fourth-order valence-electron chi connectivity index (χ4n) is 4.96. The highest BCUT2D eigenvalue weighted by Gasteiger charge is 2.38. The summed E-state index contributed by atoms with van der Waals surface area (Å²) in [6.07, 6.45) is 0.521. The molecule has 2 aliphatic rings. The highest BCUT2D eigenvalue weighted by Crippen LogP contribution is 2.31. The van der Waals surface area contributed by atoms with Gasteiger partial charge in [-0.2, -0.15) is 13.2 Å². The van der Waals surface area contributed by atoms with Gasteiger partial charge in [-0.15, -0.1) is 0 Å². The first-order valence-corrected chi connectivity index (χ1v) is 14.6. The third-order valence-corrected chi connectivity index (χ3v) is 8.77. The van der Waals surface area contributed by atoms with E-state index in [2.05, 4.69) is 10.3 Å². The zero-order chi connectivity index (χ0) is 29.8. The summed E-state index contributed by atoms with van der Waals surface area (Å²) in [5, 5.41) is 9.47. The minimum Gasteiger partial charge on any atom is -0.475 e. The smallest absolute Gasteiger partial charge is 0.475 e. The summed E-state index contributed by atoms with van der Waals surface area (Å²) >= 11 is 0. The van der Waals surface area contributed by atoms with Crippen molar-refractivity contribution in [2.45, 2.75) is 62.4 Å². The molecule has 1 saturated carbocycles. The van der Waals surface area contributed by atoms with E-state index in [4.69, 9.17) is 14.9 Å².